The third-order valence-corrected chi connectivity index (χ3v) is 3.52. The molecule has 1 aromatic carbocycles. The number of carboxylic acid groups (broad SMARTS) is 1. The minimum Gasteiger partial charge on any atom is -0.507 e. The fourth-order valence-electron chi connectivity index (χ4n) is 2.58. The van der Waals surface area contributed by atoms with Crippen molar-refractivity contribution in [1.82, 2.24) is 0 Å². The van der Waals surface area contributed by atoms with Crippen molar-refractivity contribution in [2.45, 2.75) is 32.8 Å². The lowest BCUT2D eigenvalue weighted by Gasteiger charge is -2.16. The molecule has 0 bridgehead atoms. The number of hydrogen-bond donors (Lipinski definition) is 2. The van der Waals surface area contributed by atoms with Crippen molar-refractivity contribution in [2.75, 3.05) is 0 Å². The summed E-state index contributed by atoms with van der Waals surface area (Å²) in [6.45, 7) is 3.44. The molecule has 2 N–H and O–H groups in total. The van der Waals surface area contributed by atoms with Gasteiger partial charge in [-0.2, -0.15) is 0 Å². The molecule has 6 heteroatoms. The normalized spacial score (nSPS) is 21.1. The topological polar surface area (TPSA) is 101 Å². The SMILES string of the molecule is Cc1cc(C)c(O)c(C(=O)[C@H]2OC(=O)C[C@@H]2CC(=O)O)c1. The van der Waals surface area contributed by atoms with Gasteiger partial charge in [-0.1, -0.05) is 6.07 Å². The fraction of sp³-hybridized carbons (Fsp3) is 0.400. The summed E-state index contributed by atoms with van der Waals surface area (Å²) in [5, 5.41) is 18.9. The second kappa shape index (κ2) is 5.55. The minimum atomic E-state index is -1.15. The first-order valence-electron chi connectivity index (χ1n) is 6.55. The first-order valence-corrected chi connectivity index (χ1v) is 6.55. The zero-order valence-electron chi connectivity index (χ0n) is 11.8. The summed E-state index contributed by atoms with van der Waals surface area (Å²) in [7, 11) is 0. The van der Waals surface area contributed by atoms with E-state index in [2.05, 4.69) is 0 Å². The van der Waals surface area contributed by atoms with Gasteiger partial charge >= 0.3 is 11.9 Å². The molecule has 0 aromatic heterocycles. The highest BCUT2D eigenvalue weighted by atomic mass is 16.6. The summed E-state index contributed by atoms with van der Waals surface area (Å²) in [6, 6.07) is 3.23. The van der Waals surface area contributed by atoms with Gasteiger partial charge in [0.1, 0.15) is 5.75 Å². The van der Waals surface area contributed by atoms with Gasteiger partial charge in [0, 0.05) is 5.92 Å². The molecule has 2 atom stereocenters. The van der Waals surface area contributed by atoms with Crippen LogP contribution in [0.1, 0.15) is 34.3 Å². The number of phenols is 1. The largest absolute Gasteiger partial charge is 0.507 e. The molecule has 1 saturated heterocycles. The molecule has 1 aliphatic rings. The molecular formula is C15H16O6. The Morgan fingerprint density at radius 2 is 2.00 bits per heavy atom. The van der Waals surface area contributed by atoms with E-state index < -0.39 is 29.7 Å². The Bertz CT molecular complexity index is 619. The van der Waals surface area contributed by atoms with Crippen molar-refractivity contribution in [3.05, 3.63) is 28.8 Å². The van der Waals surface area contributed by atoms with Crippen LogP contribution in [0.4, 0.5) is 0 Å². The summed E-state index contributed by atoms with van der Waals surface area (Å²) in [5.74, 6) is -3.12. The molecule has 1 aliphatic heterocycles. The predicted molar refractivity (Wildman–Crippen MR) is 72.2 cm³/mol. The van der Waals surface area contributed by atoms with Crippen LogP contribution in [0.2, 0.25) is 0 Å². The van der Waals surface area contributed by atoms with Gasteiger partial charge in [0.2, 0.25) is 5.78 Å². The Morgan fingerprint density at radius 1 is 1.33 bits per heavy atom. The van der Waals surface area contributed by atoms with E-state index in [1.807, 2.05) is 0 Å². The third kappa shape index (κ3) is 3.04. The standard InChI is InChI=1S/C15H16O6/c1-7-3-8(2)13(19)10(4-7)14(20)15-9(5-11(16)17)6-12(18)21-15/h3-4,9,15,19H,5-6H2,1-2H3,(H,16,17)/t9-,15-/m0/s1. The van der Waals surface area contributed by atoms with Gasteiger partial charge < -0.3 is 14.9 Å². The number of ketones is 1. The Morgan fingerprint density at radius 3 is 2.62 bits per heavy atom. The maximum absolute atomic E-state index is 12.5. The number of carbonyl (C=O) groups is 3. The number of aliphatic carboxylic acids is 1. The first-order chi connectivity index (χ1) is 9.79. The lowest BCUT2D eigenvalue weighted by Crippen LogP contribution is -2.28. The van der Waals surface area contributed by atoms with Crippen LogP contribution in [0.25, 0.3) is 0 Å². The van der Waals surface area contributed by atoms with Crippen molar-refractivity contribution in [1.29, 1.82) is 0 Å². The van der Waals surface area contributed by atoms with E-state index in [-0.39, 0.29) is 24.2 Å². The van der Waals surface area contributed by atoms with Crippen molar-refractivity contribution in [2.24, 2.45) is 5.92 Å². The highest BCUT2D eigenvalue weighted by Crippen LogP contribution is 2.32. The highest BCUT2D eigenvalue weighted by Gasteiger charge is 2.42. The number of ether oxygens (including phenoxy) is 1. The Kier molecular flexibility index (Phi) is 3.97. The molecule has 0 spiro atoms. The quantitative estimate of drug-likeness (QED) is 0.645. The number of Topliss-reactive ketones (excluding diaryl/α,β-unsaturated/α-hetero) is 1. The van der Waals surface area contributed by atoms with Gasteiger partial charge in [0.25, 0.3) is 0 Å². The van der Waals surface area contributed by atoms with E-state index >= 15 is 0 Å². The number of cyclic esters (lactones) is 1. The van der Waals surface area contributed by atoms with Crippen LogP contribution in [-0.2, 0) is 14.3 Å². The van der Waals surface area contributed by atoms with Gasteiger partial charge in [-0.15, -0.1) is 0 Å². The smallest absolute Gasteiger partial charge is 0.306 e. The minimum absolute atomic E-state index is 0.0580. The maximum Gasteiger partial charge on any atom is 0.306 e. The number of hydrogen-bond acceptors (Lipinski definition) is 5. The zero-order valence-corrected chi connectivity index (χ0v) is 11.8. The Hall–Kier alpha value is -2.37. The average molecular weight is 292 g/mol. The van der Waals surface area contributed by atoms with E-state index in [1.54, 1.807) is 19.9 Å². The molecule has 0 saturated carbocycles. The number of esters is 1. The van der Waals surface area contributed by atoms with Crippen LogP contribution < -0.4 is 0 Å². The molecular weight excluding hydrogens is 276 g/mol. The van der Waals surface area contributed by atoms with E-state index in [0.29, 0.717) is 5.56 Å². The highest BCUT2D eigenvalue weighted by molar-refractivity contribution is 6.04. The molecule has 1 aromatic rings. The summed E-state index contributed by atoms with van der Waals surface area (Å²) in [5.41, 5.74) is 1.38. The number of carbonyl (C=O) groups excluding carboxylic acids is 2. The molecule has 0 aliphatic carbocycles. The summed E-state index contributed by atoms with van der Waals surface area (Å²) in [4.78, 5) is 34.7. The number of aromatic hydroxyl groups is 1. The molecule has 112 valence electrons. The first kappa shape index (κ1) is 15.0. The predicted octanol–water partition coefficient (Wildman–Crippen LogP) is 1.60. The maximum atomic E-state index is 12.5. The van der Waals surface area contributed by atoms with E-state index in [0.717, 1.165) is 5.56 Å². The van der Waals surface area contributed by atoms with E-state index in [1.165, 1.54) is 6.07 Å². The second-order valence-corrected chi connectivity index (χ2v) is 5.31. The fourth-order valence-corrected chi connectivity index (χ4v) is 2.58. The molecule has 21 heavy (non-hydrogen) atoms. The number of rotatable bonds is 4. The summed E-state index contributed by atoms with van der Waals surface area (Å²) < 4.78 is 4.96. The van der Waals surface area contributed by atoms with Gasteiger partial charge in [-0.25, -0.2) is 0 Å². The summed E-state index contributed by atoms with van der Waals surface area (Å²) >= 11 is 0. The monoisotopic (exact) mass is 292 g/mol. The molecule has 0 amide bonds. The third-order valence-electron chi connectivity index (χ3n) is 3.52. The van der Waals surface area contributed by atoms with Crippen molar-refractivity contribution < 1.29 is 29.3 Å². The average Bonchev–Trinajstić information content (AvgIpc) is 2.73. The van der Waals surface area contributed by atoms with Crippen molar-refractivity contribution >= 4 is 17.7 Å². The van der Waals surface area contributed by atoms with E-state index in [9.17, 15) is 19.5 Å². The molecule has 1 heterocycles. The summed E-state index contributed by atoms with van der Waals surface area (Å²) in [6.07, 6.45) is -1.58. The van der Waals surface area contributed by atoms with Gasteiger partial charge in [-0.05, 0) is 31.0 Å². The lowest BCUT2D eigenvalue weighted by atomic mass is 9.90. The number of phenolic OH excluding ortho intramolecular Hbond substituents is 1. The molecule has 0 unspecified atom stereocenters. The van der Waals surface area contributed by atoms with Gasteiger partial charge in [0.15, 0.2) is 6.10 Å². The second-order valence-electron chi connectivity index (χ2n) is 5.31. The molecule has 2 rings (SSSR count). The van der Waals surface area contributed by atoms with Gasteiger partial charge in [0.05, 0.1) is 18.4 Å². The van der Waals surface area contributed by atoms with E-state index in [4.69, 9.17) is 9.84 Å². The van der Waals surface area contributed by atoms with Crippen LogP contribution in [0.15, 0.2) is 12.1 Å². The molecule has 0 radical (unpaired) electrons. The molecule has 1 fully saturated rings. The van der Waals surface area contributed by atoms with Crippen LogP contribution in [0.5, 0.6) is 5.75 Å². The van der Waals surface area contributed by atoms with Crippen LogP contribution in [0, 0.1) is 19.8 Å². The number of benzene rings is 1. The zero-order chi connectivity index (χ0) is 15.7. The Balaban J connectivity index is 2.34. The number of aryl methyl sites for hydroxylation is 2. The number of carboxylic acids is 1. The van der Waals surface area contributed by atoms with Gasteiger partial charge in [-0.3, -0.25) is 14.4 Å². The lowest BCUT2D eigenvalue weighted by molar-refractivity contribution is -0.141. The Labute approximate surface area is 121 Å². The van der Waals surface area contributed by atoms with Crippen molar-refractivity contribution in [3.8, 4) is 5.75 Å². The van der Waals surface area contributed by atoms with Crippen LogP contribution in [0.3, 0.4) is 0 Å². The molecule has 6 nitrogen and oxygen atoms in total. The van der Waals surface area contributed by atoms with Crippen molar-refractivity contribution in [3.63, 3.8) is 0 Å². The van der Waals surface area contributed by atoms with Crippen LogP contribution >= 0.6 is 0 Å². The van der Waals surface area contributed by atoms with Crippen LogP contribution in [-0.4, -0.2) is 34.0 Å².